The predicted octanol–water partition coefficient (Wildman–Crippen LogP) is 0.931. The van der Waals surface area contributed by atoms with Crippen LogP contribution >= 0.6 is 0 Å². The van der Waals surface area contributed by atoms with Crippen molar-refractivity contribution in [2.45, 2.75) is 32.5 Å². The maximum absolute atomic E-state index is 11.1. The molecule has 0 aromatic heterocycles. The van der Waals surface area contributed by atoms with Crippen LogP contribution in [0.15, 0.2) is 0 Å². The van der Waals surface area contributed by atoms with Crippen LogP contribution in [0.4, 0.5) is 0 Å². The minimum Gasteiger partial charge on any atom is -0.469 e. The molecule has 0 aliphatic carbocycles. The number of esters is 1. The lowest BCUT2D eigenvalue weighted by atomic mass is 9.83. The van der Waals surface area contributed by atoms with Crippen molar-refractivity contribution >= 4 is 5.97 Å². The van der Waals surface area contributed by atoms with Gasteiger partial charge in [0.1, 0.15) is 0 Å². The zero-order valence-electron chi connectivity index (χ0n) is 8.73. The minimum atomic E-state index is -0.719. The Balaban J connectivity index is 2.51. The van der Waals surface area contributed by atoms with Gasteiger partial charge in [-0.1, -0.05) is 6.92 Å². The Morgan fingerprint density at radius 1 is 1.64 bits per heavy atom. The van der Waals surface area contributed by atoms with Gasteiger partial charge in [0.2, 0.25) is 0 Å². The van der Waals surface area contributed by atoms with Gasteiger partial charge in [0.05, 0.1) is 13.7 Å². The highest BCUT2D eigenvalue weighted by Crippen LogP contribution is 2.31. The average Bonchev–Trinajstić information content (AvgIpc) is 2.18. The molecule has 1 fully saturated rings. The molecular weight excluding hydrogens is 184 g/mol. The van der Waals surface area contributed by atoms with E-state index in [1.54, 1.807) is 0 Å². The fourth-order valence-electron chi connectivity index (χ4n) is 2.00. The van der Waals surface area contributed by atoms with Crippen molar-refractivity contribution in [3.63, 3.8) is 0 Å². The Bertz CT molecular complexity index is 193. The fourth-order valence-corrected chi connectivity index (χ4v) is 2.00. The summed E-state index contributed by atoms with van der Waals surface area (Å²) in [5, 5.41) is 9.55. The number of hydrogen-bond acceptors (Lipinski definition) is 4. The van der Waals surface area contributed by atoms with Gasteiger partial charge >= 0.3 is 5.97 Å². The number of ether oxygens (including phenoxy) is 2. The van der Waals surface area contributed by atoms with E-state index in [9.17, 15) is 9.90 Å². The average molecular weight is 202 g/mol. The van der Waals surface area contributed by atoms with E-state index in [2.05, 4.69) is 4.74 Å². The summed E-state index contributed by atoms with van der Waals surface area (Å²) >= 11 is 0. The first-order valence-corrected chi connectivity index (χ1v) is 5.05. The van der Waals surface area contributed by atoms with E-state index in [1.165, 1.54) is 7.11 Å². The summed E-state index contributed by atoms with van der Waals surface area (Å²) < 4.78 is 9.75. The third kappa shape index (κ3) is 2.69. The molecule has 4 heteroatoms. The molecule has 1 heterocycles. The molecule has 1 saturated heterocycles. The van der Waals surface area contributed by atoms with E-state index in [0.717, 1.165) is 12.8 Å². The highest BCUT2D eigenvalue weighted by Gasteiger charge is 2.33. The molecule has 1 aliphatic heterocycles. The zero-order valence-corrected chi connectivity index (χ0v) is 8.73. The fraction of sp³-hybridized carbons (Fsp3) is 0.900. The van der Waals surface area contributed by atoms with Crippen LogP contribution in [0.2, 0.25) is 0 Å². The Labute approximate surface area is 84.2 Å². The van der Waals surface area contributed by atoms with Crippen LogP contribution in [-0.4, -0.2) is 31.1 Å². The number of methoxy groups -OCH3 is 1. The highest BCUT2D eigenvalue weighted by atomic mass is 16.6. The third-order valence-corrected chi connectivity index (χ3v) is 2.88. The Morgan fingerprint density at radius 2 is 2.36 bits per heavy atom. The van der Waals surface area contributed by atoms with Gasteiger partial charge in [-0.25, -0.2) is 0 Å². The van der Waals surface area contributed by atoms with E-state index in [4.69, 9.17) is 4.74 Å². The van der Waals surface area contributed by atoms with E-state index >= 15 is 0 Å². The van der Waals surface area contributed by atoms with Crippen molar-refractivity contribution in [3.05, 3.63) is 0 Å². The zero-order chi connectivity index (χ0) is 10.6. The second-order valence-corrected chi connectivity index (χ2v) is 3.66. The van der Waals surface area contributed by atoms with Gasteiger partial charge in [0, 0.05) is 12.3 Å². The standard InChI is InChI=1S/C10H18O4/c1-3-8-7(6-9(11)13-2)4-5-14-10(8)12/h7-8,10,12H,3-6H2,1-2H3/t7-,8-,10?/m0/s1. The topological polar surface area (TPSA) is 55.8 Å². The van der Waals surface area contributed by atoms with E-state index in [1.807, 2.05) is 6.92 Å². The molecule has 1 N–H and O–H groups in total. The number of carbonyl (C=O) groups excluding carboxylic acids is 1. The van der Waals surface area contributed by atoms with E-state index < -0.39 is 6.29 Å². The van der Waals surface area contributed by atoms with Crippen molar-refractivity contribution in [2.75, 3.05) is 13.7 Å². The Morgan fingerprint density at radius 3 is 2.93 bits per heavy atom. The molecule has 4 nitrogen and oxygen atoms in total. The van der Waals surface area contributed by atoms with Gasteiger partial charge in [-0.3, -0.25) is 4.79 Å². The number of carbonyl (C=O) groups is 1. The van der Waals surface area contributed by atoms with Crippen LogP contribution in [0.5, 0.6) is 0 Å². The monoisotopic (exact) mass is 202 g/mol. The molecule has 0 spiro atoms. The predicted molar refractivity (Wildman–Crippen MR) is 50.5 cm³/mol. The Hall–Kier alpha value is -0.610. The van der Waals surface area contributed by atoms with Gasteiger partial charge in [-0.2, -0.15) is 0 Å². The molecule has 0 aromatic rings. The van der Waals surface area contributed by atoms with Crippen LogP contribution in [-0.2, 0) is 14.3 Å². The van der Waals surface area contributed by atoms with Crippen molar-refractivity contribution in [3.8, 4) is 0 Å². The number of aliphatic hydroxyl groups is 1. The van der Waals surface area contributed by atoms with Crippen molar-refractivity contribution in [1.82, 2.24) is 0 Å². The van der Waals surface area contributed by atoms with E-state index in [-0.39, 0.29) is 17.8 Å². The lowest BCUT2D eigenvalue weighted by molar-refractivity contribution is -0.182. The molecular formula is C10H18O4. The lowest BCUT2D eigenvalue weighted by Gasteiger charge is -2.34. The Kier molecular flexibility index (Phi) is 4.35. The summed E-state index contributed by atoms with van der Waals surface area (Å²) in [4.78, 5) is 11.1. The maximum atomic E-state index is 11.1. The molecule has 3 atom stereocenters. The molecule has 1 rings (SSSR count). The molecule has 0 bridgehead atoms. The molecule has 0 saturated carbocycles. The molecule has 1 unspecified atom stereocenters. The first-order chi connectivity index (χ1) is 6.69. The molecule has 0 aromatic carbocycles. The second kappa shape index (κ2) is 5.32. The van der Waals surface area contributed by atoms with Gasteiger partial charge < -0.3 is 14.6 Å². The lowest BCUT2D eigenvalue weighted by Crippen LogP contribution is -2.37. The summed E-state index contributed by atoms with van der Waals surface area (Å²) in [6.45, 7) is 2.52. The normalized spacial score (nSPS) is 32.6. The molecule has 0 amide bonds. The summed E-state index contributed by atoms with van der Waals surface area (Å²) in [7, 11) is 1.39. The minimum absolute atomic E-state index is 0.0582. The largest absolute Gasteiger partial charge is 0.469 e. The highest BCUT2D eigenvalue weighted by molar-refractivity contribution is 5.69. The van der Waals surface area contributed by atoms with Crippen LogP contribution in [0, 0.1) is 11.8 Å². The van der Waals surface area contributed by atoms with Crippen LogP contribution in [0.25, 0.3) is 0 Å². The smallest absolute Gasteiger partial charge is 0.305 e. The summed E-state index contributed by atoms with van der Waals surface area (Å²) in [6.07, 6.45) is 1.31. The van der Waals surface area contributed by atoms with Crippen molar-refractivity contribution in [1.29, 1.82) is 0 Å². The van der Waals surface area contributed by atoms with E-state index in [0.29, 0.717) is 13.0 Å². The molecule has 14 heavy (non-hydrogen) atoms. The first-order valence-electron chi connectivity index (χ1n) is 5.05. The van der Waals surface area contributed by atoms with Gasteiger partial charge in [-0.15, -0.1) is 0 Å². The number of rotatable bonds is 3. The van der Waals surface area contributed by atoms with Gasteiger partial charge in [0.25, 0.3) is 0 Å². The van der Waals surface area contributed by atoms with Crippen molar-refractivity contribution in [2.24, 2.45) is 11.8 Å². The van der Waals surface area contributed by atoms with Crippen LogP contribution in [0.3, 0.4) is 0 Å². The van der Waals surface area contributed by atoms with Gasteiger partial charge in [0.15, 0.2) is 6.29 Å². The third-order valence-electron chi connectivity index (χ3n) is 2.88. The maximum Gasteiger partial charge on any atom is 0.305 e. The van der Waals surface area contributed by atoms with Crippen molar-refractivity contribution < 1.29 is 19.4 Å². The van der Waals surface area contributed by atoms with Gasteiger partial charge in [-0.05, 0) is 18.8 Å². The summed E-state index contributed by atoms with van der Waals surface area (Å²) in [5.41, 5.74) is 0. The number of hydrogen-bond donors (Lipinski definition) is 1. The quantitative estimate of drug-likeness (QED) is 0.692. The SMILES string of the molecule is CC[C@@H]1C(O)OCC[C@H]1CC(=O)OC. The summed E-state index contributed by atoms with van der Waals surface area (Å²) in [6, 6.07) is 0. The van der Waals surface area contributed by atoms with Crippen LogP contribution in [0.1, 0.15) is 26.2 Å². The second-order valence-electron chi connectivity index (χ2n) is 3.66. The first kappa shape index (κ1) is 11.5. The molecule has 0 radical (unpaired) electrons. The van der Waals surface area contributed by atoms with Crippen LogP contribution < -0.4 is 0 Å². The summed E-state index contributed by atoms with van der Waals surface area (Å²) in [5.74, 6) is 0.0431. The molecule has 82 valence electrons. The number of aliphatic hydroxyl groups excluding tert-OH is 1. The molecule has 1 aliphatic rings.